The summed E-state index contributed by atoms with van der Waals surface area (Å²) in [6.07, 6.45) is 0. The summed E-state index contributed by atoms with van der Waals surface area (Å²) in [6.45, 7) is 0. The van der Waals surface area contributed by atoms with Crippen molar-refractivity contribution < 1.29 is 9.53 Å². The molecule has 0 aliphatic heterocycles. The van der Waals surface area contributed by atoms with E-state index < -0.39 is 0 Å². The quantitative estimate of drug-likeness (QED) is 0.568. The molecule has 0 unspecified atom stereocenters. The number of hydrogen-bond acceptors (Lipinski definition) is 6. The second kappa shape index (κ2) is 8.46. The second-order valence-electron chi connectivity index (χ2n) is 4.95. The molecule has 25 heavy (non-hydrogen) atoms. The van der Waals surface area contributed by atoms with Crippen molar-refractivity contribution >= 4 is 50.8 Å². The van der Waals surface area contributed by atoms with Gasteiger partial charge in [0.05, 0.1) is 18.6 Å². The van der Waals surface area contributed by atoms with Gasteiger partial charge in [0.15, 0.2) is 0 Å². The van der Waals surface area contributed by atoms with Crippen molar-refractivity contribution in [2.24, 2.45) is 0 Å². The second-order valence-corrected chi connectivity index (χ2v) is 7.81. The third kappa shape index (κ3) is 4.59. The molecule has 128 valence electrons. The SMILES string of the molecule is COc1ccc(-c2nnsc2SCC(=O)Nc2ccccc2Br)cc1. The van der Waals surface area contributed by atoms with Crippen molar-refractivity contribution in [3.63, 3.8) is 0 Å². The molecule has 5 nitrogen and oxygen atoms in total. The monoisotopic (exact) mass is 435 g/mol. The number of hydrogen-bond donors (Lipinski definition) is 1. The first-order chi connectivity index (χ1) is 12.2. The standard InChI is InChI=1S/C17H14BrN3O2S2/c1-23-12-8-6-11(7-9-12)16-17(25-21-20-16)24-10-15(22)19-14-5-3-2-4-13(14)18/h2-9H,10H2,1H3,(H,19,22). The van der Waals surface area contributed by atoms with Crippen LogP contribution in [0.3, 0.4) is 0 Å². The smallest absolute Gasteiger partial charge is 0.234 e. The molecule has 1 aromatic heterocycles. The van der Waals surface area contributed by atoms with Gasteiger partial charge in [-0.3, -0.25) is 4.79 Å². The maximum atomic E-state index is 12.2. The number of para-hydroxylation sites is 1. The van der Waals surface area contributed by atoms with Crippen LogP contribution in [0.2, 0.25) is 0 Å². The maximum Gasteiger partial charge on any atom is 0.234 e. The molecule has 1 N–H and O–H groups in total. The van der Waals surface area contributed by atoms with E-state index in [1.165, 1.54) is 23.3 Å². The van der Waals surface area contributed by atoms with E-state index >= 15 is 0 Å². The molecule has 0 fully saturated rings. The zero-order valence-corrected chi connectivity index (χ0v) is 16.5. The molecular weight excluding hydrogens is 422 g/mol. The van der Waals surface area contributed by atoms with Gasteiger partial charge in [-0.05, 0) is 63.9 Å². The van der Waals surface area contributed by atoms with Crippen molar-refractivity contribution in [2.75, 3.05) is 18.2 Å². The Morgan fingerprint density at radius 1 is 1.24 bits per heavy atom. The Bertz CT molecular complexity index is 868. The number of aromatic nitrogens is 2. The highest BCUT2D eigenvalue weighted by Crippen LogP contribution is 2.33. The van der Waals surface area contributed by atoms with E-state index in [0.29, 0.717) is 0 Å². The van der Waals surface area contributed by atoms with E-state index in [1.807, 2.05) is 48.5 Å². The number of anilines is 1. The van der Waals surface area contributed by atoms with Crippen molar-refractivity contribution in [1.29, 1.82) is 0 Å². The van der Waals surface area contributed by atoms with E-state index in [4.69, 9.17) is 4.74 Å². The summed E-state index contributed by atoms with van der Waals surface area (Å²) < 4.78 is 10.9. The Morgan fingerprint density at radius 2 is 2.00 bits per heavy atom. The lowest BCUT2D eigenvalue weighted by molar-refractivity contribution is -0.113. The van der Waals surface area contributed by atoms with Gasteiger partial charge in [0.1, 0.15) is 15.7 Å². The van der Waals surface area contributed by atoms with Crippen LogP contribution < -0.4 is 10.1 Å². The van der Waals surface area contributed by atoms with Crippen LogP contribution in [0.4, 0.5) is 5.69 Å². The molecule has 3 aromatic rings. The van der Waals surface area contributed by atoms with E-state index in [2.05, 4.69) is 30.8 Å². The number of amides is 1. The third-order valence-corrected chi connectivity index (χ3v) is 5.96. The van der Waals surface area contributed by atoms with Crippen LogP contribution in [0.25, 0.3) is 11.3 Å². The molecule has 0 radical (unpaired) electrons. The lowest BCUT2D eigenvalue weighted by Crippen LogP contribution is -2.14. The summed E-state index contributed by atoms with van der Waals surface area (Å²) in [5, 5.41) is 7.07. The number of nitrogens with one attached hydrogen (secondary N) is 1. The Morgan fingerprint density at radius 3 is 2.72 bits per heavy atom. The van der Waals surface area contributed by atoms with Gasteiger partial charge in [0, 0.05) is 10.0 Å². The number of methoxy groups -OCH3 is 1. The number of ether oxygens (including phenoxy) is 1. The number of nitrogens with zero attached hydrogens (tertiary/aromatic N) is 2. The number of benzene rings is 2. The predicted molar refractivity (Wildman–Crippen MR) is 105 cm³/mol. The van der Waals surface area contributed by atoms with Gasteiger partial charge in [-0.15, -0.1) is 16.9 Å². The van der Waals surface area contributed by atoms with E-state index in [9.17, 15) is 4.79 Å². The first-order valence-electron chi connectivity index (χ1n) is 7.31. The summed E-state index contributed by atoms with van der Waals surface area (Å²) in [5.74, 6) is 0.994. The predicted octanol–water partition coefficient (Wildman–Crippen LogP) is 4.71. The molecular formula is C17H14BrN3O2S2. The summed E-state index contributed by atoms with van der Waals surface area (Å²) in [4.78, 5) is 12.2. The van der Waals surface area contributed by atoms with Crippen molar-refractivity contribution in [3.05, 3.63) is 53.0 Å². The van der Waals surface area contributed by atoms with Crippen LogP contribution in [-0.2, 0) is 4.79 Å². The number of halogens is 1. The highest BCUT2D eigenvalue weighted by molar-refractivity contribution is 9.10. The maximum absolute atomic E-state index is 12.2. The number of carbonyl (C=O) groups excluding carboxylic acids is 1. The number of carbonyl (C=O) groups is 1. The molecule has 0 spiro atoms. The van der Waals surface area contributed by atoms with Gasteiger partial charge in [0.2, 0.25) is 5.91 Å². The topological polar surface area (TPSA) is 64.1 Å². The highest BCUT2D eigenvalue weighted by Gasteiger charge is 2.13. The summed E-state index contributed by atoms with van der Waals surface area (Å²) in [5.41, 5.74) is 2.49. The lowest BCUT2D eigenvalue weighted by Gasteiger charge is -2.07. The first-order valence-corrected chi connectivity index (χ1v) is 9.86. The average Bonchev–Trinajstić information content (AvgIpc) is 3.10. The van der Waals surface area contributed by atoms with Gasteiger partial charge in [-0.1, -0.05) is 16.6 Å². The molecule has 0 atom stereocenters. The van der Waals surface area contributed by atoms with Crippen molar-refractivity contribution in [3.8, 4) is 17.0 Å². The van der Waals surface area contributed by atoms with Gasteiger partial charge >= 0.3 is 0 Å². The molecule has 8 heteroatoms. The molecule has 0 aliphatic rings. The van der Waals surface area contributed by atoms with Crippen LogP contribution in [0.5, 0.6) is 5.75 Å². The zero-order chi connectivity index (χ0) is 17.6. The molecule has 0 bridgehead atoms. The zero-order valence-electron chi connectivity index (χ0n) is 13.2. The largest absolute Gasteiger partial charge is 0.497 e. The molecule has 1 heterocycles. The molecule has 3 rings (SSSR count). The Kier molecular flexibility index (Phi) is 6.06. The Labute approximate surface area is 162 Å². The van der Waals surface area contributed by atoms with Crippen LogP contribution in [0, 0.1) is 0 Å². The Balaban J connectivity index is 1.65. The molecule has 2 aromatic carbocycles. The van der Waals surface area contributed by atoms with Crippen LogP contribution in [-0.4, -0.2) is 28.4 Å². The van der Waals surface area contributed by atoms with Gasteiger partial charge in [-0.2, -0.15) is 0 Å². The molecule has 0 aliphatic carbocycles. The van der Waals surface area contributed by atoms with Gasteiger partial charge < -0.3 is 10.1 Å². The fraction of sp³-hybridized carbons (Fsp3) is 0.118. The summed E-state index contributed by atoms with van der Waals surface area (Å²) in [6, 6.07) is 15.1. The normalized spacial score (nSPS) is 10.5. The van der Waals surface area contributed by atoms with E-state index in [1.54, 1.807) is 7.11 Å². The summed E-state index contributed by atoms with van der Waals surface area (Å²) >= 11 is 6.13. The summed E-state index contributed by atoms with van der Waals surface area (Å²) in [7, 11) is 1.63. The minimum atomic E-state index is -0.0778. The van der Waals surface area contributed by atoms with Crippen molar-refractivity contribution in [1.82, 2.24) is 9.59 Å². The molecule has 1 amide bonds. The fourth-order valence-electron chi connectivity index (χ4n) is 2.08. The number of rotatable bonds is 6. The third-order valence-electron chi connectivity index (χ3n) is 3.30. The number of thioether (sulfide) groups is 1. The van der Waals surface area contributed by atoms with E-state index in [0.717, 1.165) is 31.4 Å². The van der Waals surface area contributed by atoms with E-state index in [-0.39, 0.29) is 11.7 Å². The first kappa shape index (κ1) is 17.9. The molecule has 0 saturated carbocycles. The van der Waals surface area contributed by atoms with Gasteiger partial charge in [0.25, 0.3) is 0 Å². The van der Waals surface area contributed by atoms with Crippen LogP contribution in [0.1, 0.15) is 0 Å². The molecule has 0 saturated heterocycles. The Hall–Kier alpha value is -1.90. The van der Waals surface area contributed by atoms with Crippen LogP contribution >= 0.6 is 39.2 Å². The fourth-order valence-corrected chi connectivity index (χ4v) is 4.02. The lowest BCUT2D eigenvalue weighted by atomic mass is 10.2. The van der Waals surface area contributed by atoms with Crippen molar-refractivity contribution in [2.45, 2.75) is 4.21 Å². The average molecular weight is 436 g/mol. The minimum absolute atomic E-state index is 0.0778. The van der Waals surface area contributed by atoms with Crippen LogP contribution in [0.15, 0.2) is 57.2 Å². The highest BCUT2D eigenvalue weighted by atomic mass is 79.9. The van der Waals surface area contributed by atoms with Gasteiger partial charge in [-0.25, -0.2) is 0 Å². The minimum Gasteiger partial charge on any atom is -0.497 e.